The summed E-state index contributed by atoms with van der Waals surface area (Å²) in [6.45, 7) is 3.66. The second kappa shape index (κ2) is 8.22. The maximum absolute atomic E-state index is 11.0. The second-order valence-corrected chi connectivity index (χ2v) is 7.33. The molecule has 6 atom stereocenters. The molecule has 0 fully saturated rings. The molecule has 0 spiro atoms. The van der Waals surface area contributed by atoms with Gasteiger partial charge in [0.05, 0.1) is 18.3 Å². The third-order valence-corrected chi connectivity index (χ3v) is 5.27. The van der Waals surface area contributed by atoms with E-state index < -0.39 is 12.2 Å². The molecule has 2 rings (SSSR count). The number of carbonyl (C=O) groups excluding carboxylic acids is 1. The van der Waals surface area contributed by atoms with Crippen molar-refractivity contribution < 1.29 is 20.1 Å². The van der Waals surface area contributed by atoms with Crippen molar-refractivity contribution in [3.05, 3.63) is 23.8 Å². The number of fused-ring (bicyclic) bond motifs is 1. The van der Waals surface area contributed by atoms with E-state index in [1.165, 1.54) is 12.5 Å². The van der Waals surface area contributed by atoms with Gasteiger partial charge in [0, 0.05) is 6.42 Å². The lowest BCUT2D eigenvalue weighted by molar-refractivity contribution is -0.119. The fourth-order valence-electron chi connectivity index (χ4n) is 4.05. The van der Waals surface area contributed by atoms with Crippen LogP contribution in [0.1, 0.15) is 52.4 Å². The van der Waals surface area contributed by atoms with E-state index in [2.05, 4.69) is 19.1 Å². The van der Waals surface area contributed by atoms with E-state index in [4.69, 9.17) is 0 Å². The largest absolute Gasteiger partial charge is 0.393 e. The fourth-order valence-corrected chi connectivity index (χ4v) is 4.05. The highest BCUT2D eigenvalue weighted by molar-refractivity contribution is 5.75. The number of carbonyl (C=O) groups is 1. The predicted molar refractivity (Wildman–Crippen MR) is 89.8 cm³/mol. The molecule has 0 radical (unpaired) electrons. The number of hydrogen-bond donors (Lipinski definition) is 3. The number of rotatable bonds is 7. The van der Waals surface area contributed by atoms with Crippen LogP contribution in [-0.4, -0.2) is 39.4 Å². The summed E-state index contributed by atoms with van der Waals surface area (Å²) in [5.41, 5.74) is 1.23. The molecular formula is C19H30O4. The van der Waals surface area contributed by atoms with E-state index in [-0.39, 0.29) is 24.7 Å². The highest BCUT2D eigenvalue weighted by Crippen LogP contribution is 2.42. The Morgan fingerprint density at radius 3 is 2.74 bits per heavy atom. The van der Waals surface area contributed by atoms with Crippen LogP contribution in [0.3, 0.4) is 0 Å². The summed E-state index contributed by atoms with van der Waals surface area (Å²) in [6.07, 6.45) is 8.40. The maximum atomic E-state index is 11.0. The molecule has 6 unspecified atom stereocenters. The van der Waals surface area contributed by atoms with Crippen molar-refractivity contribution >= 4 is 5.78 Å². The lowest BCUT2D eigenvalue weighted by Crippen LogP contribution is -2.31. The summed E-state index contributed by atoms with van der Waals surface area (Å²) in [5.74, 6) is 1.35. The molecule has 4 nitrogen and oxygen atoms in total. The van der Waals surface area contributed by atoms with Crippen molar-refractivity contribution in [1.29, 1.82) is 0 Å². The molecular weight excluding hydrogens is 292 g/mol. The van der Waals surface area contributed by atoms with Gasteiger partial charge in [-0.1, -0.05) is 25.2 Å². The number of aliphatic hydroxyl groups excluding tert-OH is 3. The third-order valence-electron chi connectivity index (χ3n) is 5.27. The monoisotopic (exact) mass is 322 g/mol. The van der Waals surface area contributed by atoms with Crippen LogP contribution in [0.5, 0.6) is 0 Å². The summed E-state index contributed by atoms with van der Waals surface area (Å²) >= 11 is 0. The van der Waals surface area contributed by atoms with Gasteiger partial charge in [-0.15, -0.1) is 0 Å². The number of ketones is 1. The molecule has 0 aromatic rings. The highest BCUT2D eigenvalue weighted by atomic mass is 16.3. The van der Waals surface area contributed by atoms with Gasteiger partial charge in [0.15, 0.2) is 0 Å². The Bertz CT molecular complexity index is 468. The number of aliphatic hydroxyl groups is 3. The third kappa shape index (κ3) is 5.27. The van der Waals surface area contributed by atoms with Crippen molar-refractivity contribution in [2.45, 2.75) is 70.7 Å². The van der Waals surface area contributed by atoms with Crippen molar-refractivity contribution in [2.75, 3.05) is 0 Å². The fraction of sp³-hybridized carbons (Fsp3) is 0.737. The Hall–Kier alpha value is -0.970. The smallest absolute Gasteiger partial charge is 0.132 e. The van der Waals surface area contributed by atoms with Crippen molar-refractivity contribution in [1.82, 2.24) is 0 Å². The van der Waals surface area contributed by atoms with Gasteiger partial charge in [0.2, 0.25) is 0 Å². The first-order valence-corrected chi connectivity index (χ1v) is 8.80. The maximum Gasteiger partial charge on any atom is 0.132 e. The SMILES string of the molecule is CC(=O)CC(O)CC(O)CCC1C(C)C=CC2=CC(O)CCC21. The molecule has 0 heterocycles. The van der Waals surface area contributed by atoms with E-state index >= 15 is 0 Å². The minimum Gasteiger partial charge on any atom is -0.393 e. The lowest BCUT2D eigenvalue weighted by Gasteiger charge is -2.38. The quantitative estimate of drug-likeness (QED) is 0.672. The molecule has 3 N–H and O–H groups in total. The van der Waals surface area contributed by atoms with Crippen LogP contribution < -0.4 is 0 Å². The molecule has 2 aliphatic carbocycles. The highest BCUT2D eigenvalue weighted by Gasteiger charge is 2.33. The van der Waals surface area contributed by atoms with Gasteiger partial charge in [-0.2, -0.15) is 0 Å². The van der Waals surface area contributed by atoms with Gasteiger partial charge in [0.1, 0.15) is 5.78 Å². The lowest BCUT2D eigenvalue weighted by atomic mass is 9.67. The van der Waals surface area contributed by atoms with Crippen molar-refractivity contribution in [3.63, 3.8) is 0 Å². The van der Waals surface area contributed by atoms with Crippen LogP contribution in [-0.2, 0) is 4.79 Å². The molecule has 0 aromatic heterocycles. The predicted octanol–water partition coefficient (Wildman–Crippen LogP) is 2.38. The van der Waals surface area contributed by atoms with E-state index in [0.29, 0.717) is 24.2 Å². The van der Waals surface area contributed by atoms with E-state index in [9.17, 15) is 20.1 Å². The number of allylic oxidation sites excluding steroid dienone is 3. The Morgan fingerprint density at radius 2 is 2.04 bits per heavy atom. The van der Waals surface area contributed by atoms with Gasteiger partial charge in [-0.25, -0.2) is 0 Å². The molecule has 130 valence electrons. The molecule has 0 saturated heterocycles. The van der Waals surface area contributed by atoms with Gasteiger partial charge >= 0.3 is 0 Å². The molecule has 2 aliphatic rings. The normalized spacial score (nSPS) is 32.8. The zero-order valence-electron chi connectivity index (χ0n) is 14.2. The first-order chi connectivity index (χ1) is 10.9. The zero-order chi connectivity index (χ0) is 17.0. The summed E-state index contributed by atoms with van der Waals surface area (Å²) in [5, 5.41) is 29.7. The van der Waals surface area contributed by atoms with Crippen LogP contribution in [0.4, 0.5) is 0 Å². The molecule has 0 amide bonds. The van der Waals surface area contributed by atoms with Crippen LogP contribution in [0.2, 0.25) is 0 Å². The van der Waals surface area contributed by atoms with Crippen LogP contribution >= 0.6 is 0 Å². The zero-order valence-corrected chi connectivity index (χ0v) is 14.2. The molecule has 0 aromatic carbocycles. The summed E-state index contributed by atoms with van der Waals surface area (Å²) in [6, 6.07) is 0. The standard InChI is InChI=1S/C19H30O4/c1-12-3-4-14-10-15(21)6-8-19(14)18(12)7-5-16(22)11-17(23)9-13(2)20/h3-4,10,12,15-19,21-23H,5-9,11H2,1-2H3. The summed E-state index contributed by atoms with van der Waals surface area (Å²) in [4.78, 5) is 11.0. The van der Waals surface area contributed by atoms with Gasteiger partial charge in [-0.05, 0) is 62.4 Å². The minimum absolute atomic E-state index is 0.0497. The van der Waals surface area contributed by atoms with Gasteiger partial charge in [0.25, 0.3) is 0 Å². The molecule has 23 heavy (non-hydrogen) atoms. The van der Waals surface area contributed by atoms with Gasteiger partial charge < -0.3 is 15.3 Å². The Morgan fingerprint density at radius 1 is 1.30 bits per heavy atom. The molecule has 0 bridgehead atoms. The number of Topliss-reactive ketones (excluding diaryl/α,β-unsaturated/α-hetero) is 1. The Kier molecular flexibility index (Phi) is 6.57. The molecule has 0 saturated carbocycles. The van der Waals surface area contributed by atoms with Crippen molar-refractivity contribution in [2.24, 2.45) is 17.8 Å². The average Bonchev–Trinajstić information content (AvgIpc) is 2.45. The Balaban J connectivity index is 1.88. The van der Waals surface area contributed by atoms with Gasteiger partial charge in [-0.3, -0.25) is 4.79 Å². The Labute approximate surface area is 138 Å². The summed E-state index contributed by atoms with van der Waals surface area (Å²) in [7, 11) is 0. The second-order valence-electron chi connectivity index (χ2n) is 7.33. The van der Waals surface area contributed by atoms with Crippen LogP contribution in [0.25, 0.3) is 0 Å². The minimum atomic E-state index is -0.744. The molecule has 4 heteroatoms. The van der Waals surface area contributed by atoms with Crippen LogP contribution in [0, 0.1) is 17.8 Å². The average molecular weight is 322 g/mol. The first-order valence-electron chi connectivity index (χ1n) is 8.80. The number of hydrogen-bond acceptors (Lipinski definition) is 4. The topological polar surface area (TPSA) is 77.8 Å². The van der Waals surface area contributed by atoms with Crippen molar-refractivity contribution in [3.8, 4) is 0 Å². The van der Waals surface area contributed by atoms with E-state index in [1.54, 1.807) is 0 Å². The first kappa shape index (κ1) is 18.4. The summed E-state index contributed by atoms with van der Waals surface area (Å²) < 4.78 is 0. The van der Waals surface area contributed by atoms with E-state index in [0.717, 1.165) is 19.3 Å². The van der Waals surface area contributed by atoms with Crippen LogP contribution in [0.15, 0.2) is 23.8 Å². The van der Waals surface area contributed by atoms with E-state index in [1.807, 2.05) is 6.08 Å². The molecule has 0 aliphatic heterocycles.